The fourth-order valence-electron chi connectivity index (χ4n) is 1.96. The number of fused-ring (bicyclic) bond motifs is 1. The molecule has 0 aliphatic heterocycles. The Hall–Kier alpha value is -1.08. The van der Waals surface area contributed by atoms with E-state index in [0.717, 1.165) is 0 Å². The van der Waals surface area contributed by atoms with Crippen molar-refractivity contribution in [3.05, 3.63) is 34.6 Å². The lowest BCUT2D eigenvalue weighted by molar-refractivity contribution is 0.474. The number of rotatable bonds is 2. The van der Waals surface area contributed by atoms with Crippen molar-refractivity contribution in [1.82, 2.24) is 4.72 Å². The second-order valence-corrected chi connectivity index (χ2v) is 4.30. The normalized spacial score (nSPS) is 19.1. The number of halogens is 3. The summed E-state index contributed by atoms with van der Waals surface area (Å²) in [6, 6.07) is -0.394. The average molecular weight is 251 g/mol. The van der Waals surface area contributed by atoms with Crippen LogP contribution in [-0.2, 0) is 17.3 Å². The first-order valence-corrected chi connectivity index (χ1v) is 5.75. The highest BCUT2D eigenvalue weighted by atomic mass is 32.2. The fraction of sp³-hybridized carbons (Fsp3) is 0.333. The first-order chi connectivity index (χ1) is 7.50. The molecule has 1 aliphatic rings. The van der Waals surface area contributed by atoms with Gasteiger partial charge < -0.3 is 0 Å². The smallest absolute Gasteiger partial charge is 0.201 e. The van der Waals surface area contributed by atoms with E-state index in [9.17, 15) is 21.6 Å². The summed E-state index contributed by atoms with van der Waals surface area (Å²) < 4.78 is 62.6. The molecule has 1 aromatic carbocycles. The van der Waals surface area contributed by atoms with Crippen LogP contribution in [0.4, 0.5) is 13.2 Å². The van der Waals surface area contributed by atoms with Gasteiger partial charge in [0, 0.05) is 11.6 Å². The van der Waals surface area contributed by atoms with Crippen LogP contribution in [0.15, 0.2) is 6.07 Å². The molecule has 0 aromatic heterocycles. The van der Waals surface area contributed by atoms with E-state index >= 15 is 0 Å². The summed E-state index contributed by atoms with van der Waals surface area (Å²) in [5.41, 5.74) is -0.162. The van der Waals surface area contributed by atoms with Gasteiger partial charge in [-0.3, -0.25) is 0 Å². The maximum Gasteiger partial charge on any atom is 0.201 e. The molecule has 2 rings (SSSR count). The third kappa shape index (κ3) is 1.80. The van der Waals surface area contributed by atoms with E-state index in [2.05, 4.69) is 4.72 Å². The Morgan fingerprint density at radius 3 is 2.56 bits per heavy atom. The third-order valence-electron chi connectivity index (χ3n) is 2.61. The summed E-state index contributed by atoms with van der Waals surface area (Å²) >= 11 is 0. The maximum atomic E-state index is 13.4. The molecule has 0 spiro atoms. The Balaban J connectivity index is 2.52. The van der Waals surface area contributed by atoms with Gasteiger partial charge in [0.05, 0.1) is 6.04 Å². The molecule has 1 unspecified atom stereocenters. The number of nitrogens with one attached hydrogen (secondary N) is 1. The van der Waals surface area contributed by atoms with Gasteiger partial charge in [0.25, 0.3) is 0 Å². The first-order valence-electron chi connectivity index (χ1n) is 4.57. The number of thiol groups is 1. The lowest BCUT2D eigenvalue weighted by atomic mass is 10.1. The molecule has 16 heavy (non-hydrogen) atoms. The van der Waals surface area contributed by atoms with Crippen molar-refractivity contribution in [1.29, 1.82) is 0 Å². The molecule has 88 valence electrons. The summed E-state index contributed by atoms with van der Waals surface area (Å²) in [6.07, 6.45) is 0.426. The van der Waals surface area contributed by atoms with Crippen LogP contribution in [0.2, 0.25) is 0 Å². The summed E-state index contributed by atoms with van der Waals surface area (Å²) in [4.78, 5) is 0. The van der Waals surface area contributed by atoms with Crippen molar-refractivity contribution >= 4 is 10.9 Å². The van der Waals surface area contributed by atoms with Gasteiger partial charge in [-0.1, -0.05) is 0 Å². The quantitative estimate of drug-likeness (QED) is 0.613. The summed E-state index contributed by atoms with van der Waals surface area (Å²) in [5.74, 6) is -3.31. The molecule has 0 saturated carbocycles. The lowest BCUT2D eigenvalue weighted by Gasteiger charge is -2.10. The van der Waals surface area contributed by atoms with E-state index in [0.29, 0.717) is 6.07 Å². The van der Waals surface area contributed by atoms with Gasteiger partial charge in [0.15, 0.2) is 11.6 Å². The fourth-order valence-corrected chi connectivity index (χ4v) is 2.47. The van der Waals surface area contributed by atoms with E-state index in [1.165, 1.54) is 0 Å². The van der Waals surface area contributed by atoms with E-state index in [-0.39, 0.29) is 24.0 Å². The minimum Gasteiger partial charge on any atom is -0.215 e. The van der Waals surface area contributed by atoms with Crippen LogP contribution in [0.5, 0.6) is 0 Å². The van der Waals surface area contributed by atoms with Crippen molar-refractivity contribution in [2.45, 2.75) is 18.9 Å². The predicted octanol–water partition coefficient (Wildman–Crippen LogP) is 1.21. The zero-order chi connectivity index (χ0) is 11.9. The monoisotopic (exact) mass is 251 g/mol. The molecule has 0 bridgehead atoms. The van der Waals surface area contributed by atoms with E-state index < -0.39 is 34.4 Å². The number of hydrogen-bond donors (Lipinski definition) is 2. The highest BCUT2D eigenvalue weighted by molar-refractivity contribution is 7.70. The zero-order valence-corrected chi connectivity index (χ0v) is 8.86. The Morgan fingerprint density at radius 2 is 1.94 bits per heavy atom. The van der Waals surface area contributed by atoms with E-state index in [1.54, 1.807) is 0 Å². The molecular formula is C9H8F3NO2S. The van der Waals surface area contributed by atoms with Crippen LogP contribution < -0.4 is 4.72 Å². The Bertz CT molecular complexity index is 508. The van der Waals surface area contributed by atoms with Gasteiger partial charge in [-0.05, 0) is 18.4 Å². The minimum atomic E-state index is -2.93. The molecule has 0 heterocycles. The predicted molar refractivity (Wildman–Crippen MR) is 50.8 cm³/mol. The van der Waals surface area contributed by atoms with Crippen molar-refractivity contribution in [2.75, 3.05) is 0 Å². The second-order valence-electron chi connectivity index (χ2n) is 3.52. The van der Waals surface area contributed by atoms with E-state index in [1.807, 2.05) is 0 Å². The van der Waals surface area contributed by atoms with Crippen LogP contribution in [0, 0.1) is 17.5 Å². The van der Waals surface area contributed by atoms with Gasteiger partial charge in [-0.2, -0.15) is 0 Å². The molecule has 0 saturated heterocycles. The molecule has 1 aliphatic carbocycles. The maximum absolute atomic E-state index is 13.4. The van der Waals surface area contributed by atoms with Crippen LogP contribution in [0.1, 0.15) is 23.6 Å². The van der Waals surface area contributed by atoms with Crippen molar-refractivity contribution in [3.8, 4) is 0 Å². The summed E-state index contributed by atoms with van der Waals surface area (Å²) in [7, 11) is -2.93. The number of hydrogen-bond acceptors (Lipinski definition) is 2. The largest absolute Gasteiger partial charge is 0.215 e. The molecule has 7 heteroatoms. The Morgan fingerprint density at radius 1 is 1.25 bits per heavy atom. The molecule has 1 atom stereocenters. The lowest BCUT2D eigenvalue weighted by Crippen LogP contribution is -2.18. The average Bonchev–Trinajstić information content (AvgIpc) is 2.58. The summed E-state index contributed by atoms with van der Waals surface area (Å²) in [5, 5.41) is 0. The van der Waals surface area contributed by atoms with Crippen molar-refractivity contribution in [3.63, 3.8) is 0 Å². The number of benzene rings is 1. The molecular weight excluding hydrogens is 243 g/mol. The van der Waals surface area contributed by atoms with Crippen molar-refractivity contribution < 1.29 is 21.6 Å². The second kappa shape index (κ2) is 4.06. The zero-order valence-electron chi connectivity index (χ0n) is 7.97. The summed E-state index contributed by atoms with van der Waals surface area (Å²) in [6.45, 7) is 0. The topological polar surface area (TPSA) is 46.2 Å². The Kier molecular flexibility index (Phi) is 2.90. The minimum absolute atomic E-state index is 0.0493. The Labute approximate surface area is 91.4 Å². The van der Waals surface area contributed by atoms with Crippen LogP contribution in [-0.4, -0.2) is 8.42 Å². The van der Waals surface area contributed by atoms with Gasteiger partial charge in [0.1, 0.15) is 5.82 Å². The van der Waals surface area contributed by atoms with Crippen LogP contribution in [0.25, 0.3) is 0 Å². The molecule has 1 aromatic rings. The standard InChI is InChI=1S/C9H8F3NO2S/c10-5-3-6(11)9(12)8-4(5)1-2-7(8)13-16(14)15/h3,7,16H,1-2H2,(H,13,14,15). The molecule has 3 nitrogen and oxygen atoms in total. The van der Waals surface area contributed by atoms with Crippen molar-refractivity contribution in [2.24, 2.45) is 0 Å². The van der Waals surface area contributed by atoms with Crippen LogP contribution in [0.3, 0.4) is 0 Å². The molecule has 0 radical (unpaired) electrons. The highest BCUT2D eigenvalue weighted by Gasteiger charge is 2.31. The highest BCUT2D eigenvalue weighted by Crippen LogP contribution is 2.35. The molecule has 0 fully saturated rings. The SMILES string of the molecule is O=[SH](=O)NC1CCc2c(F)cc(F)c(F)c21. The molecule has 0 amide bonds. The van der Waals surface area contributed by atoms with E-state index in [4.69, 9.17) is 0 Å². The van der Waals surface area contributed by atoms with Gasteiger partial charge in [0.2, 0.25) is 10.9 Å². The van der Waals surface area contributed by atoms with Gasteiger partial charge in [-0.25, -0.2) is 26.3 Å². The first kappa shape index (κ1) is 11.4. The third-order valence-corrected chi connectivity index (χ3v) is 3.13. The van der Waals surface area contributed by atoms with Gasteiger partial charge >= 0.3 is 0 Å². The molecule has 1 N–H and O–H groups in total. The van der Waals surface area contributed by atoms with Crippen LogP contribution >= 0.6 is 0 Å². The van der Waals surface area contributed by atoms with Gasteiger partial charge in [-0.15, -0.1) is 0 Å².